The summed E-state index contributed by atoms with van der Waals surface area (Å²) in [6.07, 6.45) is 0.482. The van der Waals surface area contributed by atoms with E-state index in [0.717, 1.165) is 5.56 Å². The van der Waals surface area contributed by atoms with Crippen LogP contribution in [0, 0.1) is 0 Å². The number of nitrogens with one attached hydrogen (secondary N) is 1. The maximum atomic E-state index is 10.9. The highest BCUT2D eigenvalue weighted by atomic mass is 35.5. The van der Waals surface area contributed by atoms with Gasteiger partial charge in [0.2, 0.25) is 0 Å². The Hall–Kier alpha value is -1.75. The number of hydrogen-bond donors (Lipinski definition) is 2. The first kappa shape index (κ1) is 13.3. The van der Waals surface area contributed by atoms with E-state index in [1.165, 1.54) is 0 Å². The molecule has 0 aliphatic carbocycles. The summed E-state index contributed by atoms with van der Waals surface area (Å²) in [4.78, 5) is 21.2. The molecule has 17 heavy (non-hydrogen) atoms. The van der Waals surface area contributed by atoms with Crippen molar-refractivity contribution in [2.75, 3.05) is 6.61 Å². The third-order valence-electron chi connectivity index (χ3n) is 2.01. The Balaban J connectivity index is 2.23. The molecule has 5 nitrogen and oxygen atoms in total. The molecule has 3 N–H and O–H groups in total. The fourth-order valence-corrected chi connectivity index (χ4v) is 1.50. The van der Waals surface area contributed by atoms with Crippen LogP contribution in [-0.2, 0) is 11.2 Å². The van der Waals surface area contributed by atoms with Crippen LogP contribution in [0.4, 0.5) is 9.59 Å². The Morgan fingerprint density at radius 3 is 2.71 bits per heavy atom. The van der Waals surface area contributed by atoms with E-state index < -0.39 is 12.1 Å². The van der Waals surface area contributed by atoms with E-state index in [4.69, 9.17) is 22.1 Å². The molecule has 0 unspecified atom stereocenters. The Bertz CT molecular complexity index is 409. The summed E-state index contributed by atoms with van der Waals surface area (Å²) >= 11 is 5.95. The predicted molar refractivity (Wildman–Crippen MR) is 63.8 cm³/mol. The zero-order valence-electron chi connectivity index (χ0n) is 9.11. The van der Waals surface area contributed by atoms with Gasteiger partial charge in [-0.2, -0.15) is 0 Å². The van der Waals surface area contributed by atoms with Crippen molar-refractivity contribution >= 4 is 23.7 Å². The van der Waals surface area contributed by atoms with Gasteiger partial charge in [0.25, 0.3) is 0 Å². The van der Waals surface area contributed by atoms with Crippen LogP contribution < -0.4 is 11.1 Å². The van der Waals surface area contributed by atoms with Gasteiger partial charge in [0.15, 0.2) is 0 Å². The summed E-state index contributed by atoms with van der Waals surface area (Å²) in [5, 5.41) is 2.49. The van der Waals surface area contributed by atoms with E-state index in [-0.39, 0.29) is 6.61 Å². The van der Waals surface area contributed by atoms with Crippen LogP contribution in [0.5, 0.6) is 0 Å². The standard InChI is InChI=1S/C11H13ClN2O3/c12-9-6-2-1-4-8(9)5-3-7-17-11(16)14-10(13)15/h1-2,4,6H,3,5,7H2,(H3,13,14,15,16). The fraction of sp³-hybridized carbons (Fsp3) is 0.273. The lowest BCUT2D eigenvalue weighted by Crippen LogP contribution is -2.35. The van der Waals surface area contributed by atoms with Crippen LogP contribution in [0.15, 0.2) is 24.3 Å². The van der Waals surface area contributed by atoms with Gasteiger partial charge in [-0.1, -0.05) is 29.8 Å². The lowest BCUT2D eigenvalue weighted by Gasteiger charge is -2.05. The minimum absolute atomic E-state index is 0.199. The van der Waals surface area contributed by atoms with Gasteiger partial charge in [-0.05, 0) is 24.5 Å². The van der Waals surface area contributed by atoms with Crippen LogP contribution >= 0.6 is 11.6 Å². The number of benzene rings is 1. The Morgan fingerprint density at radius 1 is 1.35 bits per heavy atom. The van der Waals surface area contributed by atoms with Crippen LogP contribution in [-0.4, -0.2) is 18.7 Å². The number of alkyl carbamates (subject to hydrolysis) is 1. The normalized spacial score (nSPS) is 9.71. The molecule has 1 rings (SSSR count). The first-order valence-electron chi connectivity index (χ1n) is 5.06. The van der Waals surface area contributed by atoms with Crippen LogP contribution in [0.1, 0.15) is 12.0 Å². The molecule has 0 atom stereocenters. The van der Waals surface area contributed by atoms with Crippen molar-refractivity contribution in [2.24, 2.45) is 5.73 Å². The van der Waals surface area contributed by atoms with Crippen molar-refractivity contribution in [2.45, 2.75) is 12.8 Å². The number of carbonyl (C=O) groups is 2. The topological polar surface area (TPSA) is 81.4 Å². The molecule has 0 heterocycles. The maximum Gasteiger partial charge on any atom is 0.415 e. The lowest BCUT2D eigenvalue weighted by molar-refractivity contribution is 0.146. The van der Waals surface area contributed by atoms with Crippen LogP contribution in [0.25, 0.3) is 0 Å². The Morgan fingerprint density at radius 2 is 2.06 bits per heavy atom. The van der Waals surface area contributed by atoms with Crippen molar-refractivity contribution in [1.82, 2.24) is 5.32 Å². The average molecular weight is 257 g/mol. The molecule has 0 spiro atoms. The molecule has 0 bridgehead atoms. The van der Waals surface area contributed by atoms with Gasteiger partial charge >= 0.3 is 12.1 Å². The van der Waals surface area contributed by atoms with E-state index in [0.29, 0.717) is 17.9 Å². The first-order chi connectivity index (χ1) is 8.09. The molecule has 0 aromatic heterocycles. The quantitative estimate of drug-likeness (QED) is 0.809. The van der Waals surface area contributed by atoms with E-state index in [1.54, 1.807) is 11.4 Å². The van der Waals surface area contributed by atoms with Gasteiger partial charge in [-0.15, -0.1) is 0 Å². The number of nitrogens with two attached hydrogens (primary N) is 1. The van der Waals surface area contributed by atoms with Gasteiger partial charge in [0.05, 0.1) is 6.61 Å². The van der Waals surface area contributed by atoms with Crippen LogP contribution in [0.3, 0.4) is 0 Å². The first-order valence-corrected chi connectivity index (χ1v) is 5.44. The third-order valence-corrected chi connectivity index (χ3v) is 2.38. The molecular weight excluding hydrogens is 244 g/mol. The molecule has 0 fully saturated rings. The molecule has 0 saturated carbocycles. The summed E-state index contributed by atoms with van der Waals surface area (Å²) in [5.41, 5.74) is 5.73. The minimum atomic E-state index is -0.930. The van der Waals surface area contributed by atoms with E-state index in [1.807, 2.05) is 18.2 Å². The summed E-state index contributed by atoms with van der Waals surface area (Å²) in [5.74, 6) is 0. The van der Waals surface area contributed by atoms with Crippen molar-refractivity contribution in [3.63, 3.8) is 0 Å². The van der Waals surface area contributed by atoms with Crippen molar-refractivity contribution < 1.29 is 14.3 Å². The zero-order chi connectivity index (χ0) is 12.7. The molecule has 0 saturated heterocycles. The van der Waals surface area contributed by atoms with E-state index >= 15 is 0 Å². The molecule has 6 heteroatoms. The molecular formula is C11H13ClN2O3. The maximum absolute atomic E-state index is 10.9. The Labute approximate surface area is 104 Å². The second kappa shape index (κ2) is 6.75. The summed E-state index contributed by atoms with van der Waals surface area (Å²) in [6, 6.07) is 6.52. The number of hydrogen-bond acceptors (Lipinski definition) is 3. The van der Waals surface area contributed by atoms with E-state index in [9.17, 15) is 9.59 Å². The highest BCUT2D eigenvalue weighted by Gasteiger charge is 2.04. The van der Waals surface area contributed by atoms with Gasteiger partial charge in [-0.3, -0.25) is 0 Å². The van der Waals surface area contributed by atoms with Gasteiger partial charge in [0.1, 0.15) is 0 Å². The predicted octanol–water partition coefficient (Wildman–Crippen LogP) is 2.08. The van der Waals surface area contributed by atoms with Crippen molar-refractivity contribution in [1.29, 1.82) is 0 Å². The number of ether oxygens (including phenoxy) is 1. The molecule has 92 valence electrons. The molecule has 1 aromatic rings. The SMILES string of the molecule is NC(=O)NC(=O)OCCCc1ccccc1Cl. The highest BCUT2D eigenvalue weighted by Crippen LogP contribution is 2.16. The number of amides is 3. The second-order valence-corrected chi connectivity index (χ2v) is 3.73. The summed E-state index contributed by atoms with van der Waals surface area (Å²) in [6.45, 7) is 0.199. The van der Waals surface area contributed by atoms with E-state index in [2.05, 4.69) is 0 Å². The zero-order valence-corrected chi connectivity index (χ0v) is 9.87. The molecule has 0 aliphatic rings. The number of primary amides is 1. The highest BCUT2D eigenvalue weighted by molar-refractivity contribution is 6.31. The largest absolute Gasteiger partial charge is 0.449 e. The molecule has 0 aliphatic heterocycles. The number of aryl methyl sites for hydroxylation is 1. The molecule has 1 aromatic carbocycles. The number of urea groups is 1. The van der Waals surface area contributed by atoms with Gasteiger partial charge in [0, 0.05) is 5.02 Å². The Kier molecular flexibility index (Phi) is 5.29. The molecule has 3 amide bonds. The summed E-state index contributed by atoms with van der Waals surface area (Å²) < 4.78 is 4.72. The minimum Gasteiger partial charge on any atom is -0.449 e. The number of imide groups is 1. The van der Waals surface area contributed by atoms with Gasteiger partial charge < -0.3 is 10.5 Å². The number of rotatable bonds is 4. The monoisotopic (exact) mass is 256 g/mol. The summed E-state index contributed by atoms with van der Waals surface area (Å²) in [7, 11) is 0. The smallest absolute Gasteiger partial charge is 0.415 e. The lowest BCUT2D eigenvalue weighted by atomic mass is 10.1. The van der Waals surface area contributed by atoms with Crippen LogP contribution in [0.2, 0.25) is 5.02 Å². The molecule has 0 radical (unpaired) electrons. The van der Waals surface area contributed by atoms with Crippen molar-refractivity contribution in [3.05, 3.63) is 34.9 Å². The average Bonchev–Trinajstić information content (AvgIpc) is 2.25. The fourth-order valence-electron chi connectivity index (χ4n) is 1.27. The number of carbonyl (C=O) groups excluding carboxylic acids is 2. The van der Waals surface area contributed by atoms with Crippen molar-refractivity contribution in [3.8, 4) is 0 Å². The van der Waals surface area contributed by atoms with Gasteiger partial charge in [-0.25, -0.2) is 14.9 Å². The number of halogens is 1. The second-order valence-electron chi connectivity index (χ2n) is 3.32. The third kappa shape index (κ3) is 5.21.